The summed E-state index contributed by atoms with van der Waals surface area (Å²) in [5, 5.41) is 4.95. The van der Waals surface area contributed by atoms with Crippen molar-refractivity contribution in [1.82, 2.24) is 24.8 Å². The zero-order chi connectivity index (χ0) is 24.2. The van der Waals surface area contributed by atoms with Crippen LogP contribution in [0.2, 0.25) is 0 Å². The van der Waals surface area contributed by atoms with Crippen LogP contribution in [0.1, 0.15) is 24.8 Å². The molecule has 0 aliphatic carbocycles. The molecule has 0 spiro atoms. The molecular weight excluding hydrogens is 448 g/mol. The Hall–Kier alpha value is -3.42. The molecule has 2 aromatic carbocycles. The van der Waals surface area contributed by atoms with Crippen LogP contribution in [0.5, 0.6) is 0 Å². The van der Waals surface area contributed by atoms with Gasteiger partial charge in [-0.25, -0.2) is 4.98 Å². The van der Waals surface area contributed by atoms with E-state index in [0.29, 0.717) is 23.3 Å². The number of nitrogens with one attached hydrogen (secondary N) is 3. The fourth-order valence-corrected chi connectivity index (χ4v) is 6.29. The molecule has 6 heterocycles. The lowest BCUT2D eigenvalue weighted by molar-refractivity contribution is 0.0976. The molecular formula is C29H32N6O. The molecule has 0 unspecified atom stereocenters. The van der Waals surface area contributed by atoms with Gasteiger partial charge < -0.3 is 25.1 Å². The number of para-hydroxylation sites is 2. The van der Waals surface area contributed by atoms with Crippen molar-refractivity contribution < 1.29 is 0 Å². The number of pyridine rings is 1. The normalized spacial score (nSPS) is 24.4. The van der Waals surface area contributed by atoms with Gasteiger partial charge in [0.25, 0.3) is 5.56 Å². The molecule has 7 nitrogen and oxygen atoms in total. The second-order valence-electron chi connectivity index (χ2n) is 10.7. The molecule has 4 aliphatic rings. The summed E-state index contributed by atoms with van der Waals surface area (Å²) in [5.74, 6) is 1.25. The molecule has 4 aromatic rings. The third kappa shape index (κ3) is 3.74. The van der Waals surface area contributed by atoms with Crippen LogP contribution in [-0.2, 0) is 0 Å². The van der Waals surface area contributed by atoms with Gasteiger partial charge in [-0.15, -0.1) is 0 Å². The first-order valence-corrected chi connectivity index (χ1v) is 13.1. The molecule has 7 heteroatoms. The minimum atomic E-state index is -0.114. The fraction of sp³-hybridized carbons (Fsp3) is 0.379. The molecule has 3 fully saturated rings. The van der Waals surface area contributed by atoms with E-state index in [1.54, 1.807) is 0 Å². The van der Waals surface area contributed by atoms with Gasteiger partial charge in [0, 0.05) is 31.1 Å². The average molecular weight is 481 g/mol. The number of benzene rings is 2. The number of fused-ring (bicyclic) bond motifs is 5. The van der Waals surface area contributed by atoms with Crippen molar-refractivity contribution in [2.24, 2.45) is 5.92 Å². The maximum Gasteiger partial charge on any atom is 0.261 e. The number of anilines is 1. The van der Waals surface area contributed by atoms with Gasteiger partial charge in [-0.1, -0.05) is 24.3 Å². The number of H-pyrrole nitrogens is 2. The van der Waals surface area contributed by atoms with E-state index >= 15 is 0 Å². The van der Waals surface area contributed by atoms with Crippen molar-refractivity contribution in [2.45, 2.75) is 25.3 Å². The van der Waals surface area contributed by atoms with Gasteiger partial charge in [0.05, 0.1) is 22.2 Å². The smallest absolute Gasteiger partial charge is 0.261 e. The maximum absolute atomic E-state index is 13.6. The van der Waals surface area contributed by atoms with Crippen molar-refractivity contribution in [3.8, 4) is 11.4 Å². The Bertz CT molecular complexity index is 1510. The minimum absolute atomic E-state index is 0.114. The highest BCUT2D eigenvalue weighted by atomic mass is 16.1. The number of aromatic nitrogens is 3. The molecule has 184 valence electrons. The Labute approximate surface area is 210 Å². The Kier molecular flexibility index (Phi) is 5.22. The number of imidazole rings is 1. The summed E-state index contributed by atoms with van der Waals surface area (Å²) in [4.78, 5) is 29.9. The number of aromatic amines is 2. The molecule has 8 rings (SSSR count). The van der Waals surface area contributed by atoms with Crippen molar-refractivity contribution in [3.05, 3.63) is 64.5 Å². The van der Waals surface area contributed by atoms with Crippen molar-refractivity contribution in [1.29, 1.82) is 0 Å². The standard InChI is InChI=1S/C29H32N6O/c1-34-12-8-18(9-13-34)20-6-7-22-21(16-20)27(30-25-17-35-14-10-19(25)11-15-35)26(29(36)33-22)28-31-23-4-2-3-5-24(23)32-28/h2-8,16,19,25H,9-15,17H2,1H3,(H,31,32)(H2,30,33,36)/t25-/m0/s1. The van der Waals surface area contributed by atoms with Gasteiger partial charge in [0.2, 0.25) is 0 Å². The van der Waals surface area contributed by atoms with Gasteiger partial charge >= 0.3 is 0 Å². The zero-order valence-corrected chi connectivity index (χ0v) is 20.7. The van der Waals surface area contributed by atoms with Crippen LogP contribution in [0.25, 0.3) is 38.9 Å². The molecule has 3 N–H and O–H groups in total. The Morgan fingerprint density at radius 2 is 1.89 bits per heavy atom. The number of hydrogen-bond donors (Lipinski definition) is 3. The summed E-state index contributed by atoms with van der Waals surface area (Å²) in [6.07, 6.45) is 5.79. The summed E-state index contributed by atoms with van der Waals surface area (Å²) in [6, 6.07) is 14.8. The van der Waals surface area contributed by atoms with E-state index in [1.807, 2.05) is 24.3 Å². The van der Waals surface area contributed by atoms with Crippen LogP contribution in [0.4, 0.5) is 5.69 Å². The minimum Gasteiger partial charge on any atom is -0.379 e. The fourth-order valence-electron chi connectivity index (χ4n) is 6.29. The first kappa shape index (κ1) is 21.8. The third-order valence-corrected chi connectivity index (χ3v) is 8.41. The largest absolute Gasteiger partial charge is 0.379 e. The van der Waals surface area contributed by atoms with E-state index in [0.717, 1.165) is 53.7 Å². The first-order chi connectivity index (χ1) is 17.6. The van der Waals surface area contributed by atoms with E-state index in [9.17, 15) is 4.79 Å². The van der Waals surface area contributed by atoms with Gasteiger partial charge in [0.1, 0.15) is 11.4 Å². The monoisotopic (exact) mass is 480 g/mol. The third-order valence-electron chi connectivity index (χ3n) is 8.41. The average Bonchev–Trinajstić information content (AvgIpc) is 3.33. The van der Waals surface area contributed by atoms with E-state index in [4.69, 9.17) is 4.98 Å². The van der Waals surface area contributed by atoms with Gasteiger partial charge in [-0.3, -0.25) is 4.79 Å². The topological polar surface area (TPSA) is 80.0 Å². The van der Waals surface area contributed by atoms with Gasteiger partial charge in [0.15, 0.2) is 0 Å². The van der Waals surface area contributed by atoms with Crippen LogP contribution >= 0.6 is 0 Å². The second kappa shape index (κ2) is 8.61. The predicted octanol–water partition coefficient (Wildman–Crippen LogP) is 4.30. The van der Waals surface area contributed by atoms with Gasteiger partial charge in [-0.05, 0) is 80.7 Å². The first-order valence-electron chi connectivity index (χ1n) is 13.1. The van der Waals surface area contributed by atoms with Crippen LogP contribution in [-0.4, -0.2) is 70.6 Å². The van der Waals surface area contributed by atoms with Crippen molar-refractivity contribution >= 4 is 33.2 Å². The summed E-state index contributed by atoms with van der Waals surface area (Å²) in [7, 11) is 2.16. The van der Waals surface area contributed by atoms with E-state index in [2.05, 4.69) is 56.4 Å². The molecule has 3 saturated heterocycles. The van der Waals surface area contributed by atoms with Crippen LogP contribution in [0.15, 0.2) is 53.3 Å². The molecule has 0 amide bonds. The number of hydrogen-bond acceptors (Lipinski definition) is 5. The highest BCUT2D eigenvalue weighted by Crippen LogP contribution is 2.37. The Morgan fingerprint density at radius 3 is 2.64 bits per heavy atom. The summed E-state index contributed by atoms with van der Waals surface area (Å²) in [5.41, 5.74) is 6.66. The highest BCUT2D eigenvalue weighted by molar-refractivity contribution is 6.00. The van der Waals surface area contributed by atoms with E-state index < -0.39 is 0 Å². The summed E-state index contributed by atoms with van der Waals surface area (Å²) >= 11 is 0. The molecule has 1 atom stereocenters. The summed E-state index contributed by atoms with van der Waals surface area (Å²) < 4.78 is 0. The quantitative estimate of drug-likeness (QED) is 0.406. The van der Waals surface area contributed by atoms with Crippen LogP contribution in [0.3, 0.4) is 0 Å². The lowest BCUT2D eigenvalue weighted by atomic mass is 9.83. The Balaban J connectivity index is 1.41. The van der Waals surface area contributed by atoms with E-state index in [1.165, 1.54) is 37.1 Å². The van der Waals surface area contributed by atoms with Crippen LogP contribution < -0.4 is 10.9 Å². The number of piperidine rings is 3. The van der Waals surface area contributed by atoms with E-state index in [-0.39, 0.29) is 5.56 Å². The van der Waals surface area contributed by atoms with Crippen molar-refractivity contribution in [3.63, 3.8) is 0 Å². The zero-order valence-electron chi connectivity index (χ0n) is 20.7. The molecule has 0 saturated carbocycles. The maximum atomic E-state index is 13.6. The lowest BCUT2D eigenvalue weighted by Crippen LogP contribution is -2.53. The SMILES string of the molecule is CN1CC=C(c2ccc3[nH]c(=O)c(-c4nc5ccccc5[nH]4)c(N[C@H]4CN5CCC4CC5)c3c2)CC1. The highest BCUT2D eigenvalue weighted by Gasteiger charge is 2.35. The van der Waals surface area contributed by atoms with Gasteiger partial charge in [-0.2, -0.15) is 0 Å². The van der Waals surface area contributed by atoms with Crippen molar-refractivity contribution in [2.75, 3.05) is 45.1 Å². The Morgan fingerprint density at radius 1 is 1.03 bits per heavy atom. The second-order valence-corrected chi connectivity index (χ2v) is 10.7. The summed E-state index contributed by atoms with van der Waals surface area (Å²) in [6.45, 7) is 5.42. The molecule has 2 bridgehead atoms. The number of likely N-dealkylation sites (N-methyl/N-ethyl adjacent to an activating group) is 1. The number of rotatable bonds is 4. The molecule has 36 heavy (non-hydrogen) atoms. The molecule has 2 aromatic heterocycles. The van der Waals surface area contributed by atoms with Crippen LogP contribution in [0, 0.1) is 5.92 Å². The lowest BCUT2D eigenvalue weighted by Gasteiger charge is -2.45. The number of nitrogens with zero attached hydrogens (tertiary/aromatic N) is 3. The molecule has 4 aliphatic heterocycles. The predicted molar refractivity (Wildman–Crippen MR) is 146 cm³/mol. The molecule has 0 radical (unpaired) electrons.